The summed E-state index contributed by atoms with van der Waals surface area (Å²) in [7, 11) is 1.43. The first-order valence-corrected chi connectivity index (χ1v) is 10.8. The maximum atomic E-state index is 11.7. The van der Waals surface area contributed by atoms with Gasteiger partial charge >= 0.3 is 5.69 Å². The monoisotopic (exact) mass is 545 g/mol. The number of anilines is 2. The number of benzene rings is 2. The maximum Gasteiger partial charge on any atom is 0.304 e. The molecular weight excluding hydrogens is 526 g/mol. The van der Waals surface area contributed by atoms with Crippen LogP contribution in [0.15, 0.2) is 51.1 Å². The Labute approximate surface area is 207 Å². The van der Waals surface area contributed by atoms with Gasteiger partial charge < -0.3 is 15.4 Å². The van der Waals surface area contributed by atoms with E-state index in [1.165, 1.54) is 20.1 Å². The third-order valence-electron chi connectivity index (χ3n) is 4.32. The highest BCUT2D eigenvalue weighted by atomic mass is 79.9. The zero-order valence-corrected chi connectivity index (χ0v) is 20.2. The van der Waals surface area contributed by atoms with Crippen LogP contribution in [-0.2, 0) is 4.79 Å². The summed E-state index contributed by atoms with van der Waals surface area (Å²) < 4.78 is 5.38. The van der Waals surface area contributed by atoms with Gasteiger partial charge in [-0.3, -0.25) is 25.0 Å². The predicted molar refractivity (Wildman–Crippen MR) is 131 cm³/mol. The lowest BCUT2D eigenvalue weighted by Crippen LogP contribution is -2.08. The smallest absolute Gasteiger partial charge is 0.304 e. The summed E-state index contributed by atoms with van der Waals surface area (Å²) in [5, 5.41) is 44.8. The van der Waals surface area contributed by atoms with Gasteiger partial charge in [0.05, 0.1) is 44.9 Å². The van der Waals surface area contributed by atoms with E-state index < -0.39 is 27.1 Å². The van der Waals surface area contributed by atoms with Gasteiger partial charge in [-0.05, 0) is 28.4 Å². The molecule has 0 aliphatic carbocycles. The van der Waals surface area contributed by atoms with Crippen LogP contribution < -0.4 is 15.4 Å². The molecule has 182 valence electrons. The quantitative estimate of drug-likeness (QED) is 0.114. The minimum Gasteiger partial charge on any atom is -0.495 e. The molecule has 0 saturated carbocycles. The summed E-state index contributed by atoms with van der Waals surface area (Å²) in [6.07, 6.45) is 4.73. The molecule has 0 spiro atoms. The first-order valence-electron chi connectivity index (χ1n) is 9.97. The standard InChI is InChI=1S/C21H20BrN7O6/c1-13(30)25-16-11-18(24-8-6-4-3-5-7-23)20(35-2)12-17(16)26-27-21-15(22)9-14(28(31)32)10-19(21)29(33)34/h4,6,9-12,24H,3,5,8H2,1-2H3,(H,25,30). The number of hydrogen-bond acceptors (Lipinski definition) is 10. The number of amides is 1. The Morgan fingerprint density at radius 1 is 1.17 bits per heavy atom. The normalized spacial score (nSPS) is 10.8. The average molecular weight is 546 g/mol. The van der Waals surface area contributed by atoms with Crippen molar-refractivity contribution < 1.29 is 19.4 Å². The molecule has 0 saturated heterocycles. The zero-order valence-electron chi connectivity index (χ0n) is 18.6. The number of halogens is 1. The molecule has 0 aromatic heterocycles. The number of rotatable bonds is 11. The zero-order chi connectivity index (χ0) is 26.0. The fourth-order valence-electron chi connectivity index (χ4n) is 2.78. The molecule has 2 aromatic carbocycles. The second-order valence-corrected chi connectivity index (χ2v) is 7.66. The number of allylic oxidation sites excluding steroid dienone is 1. The lowest BCUT2D eigenvalue weighted by atomic mass is 10.2. The largest absolute Gasteiger partial charge is 0.495 e. The third-order valence-corrected chi connectivity index (χ3v) is 4.93. The summed E-state index contributed by atoms with van der Waals surface area (Å²) in [5.41, 5.74) is -0.435. The van der Waals surface area contributed by atoms with E-state index in [0.717, 1.165) is 12.1 Å². The van der Waals surface area contributed by atoms with Crippen LogP contribution in [0.2, 0.25) is 0 Å². The summed E-state index contributed by atoms with van der Waals surface area (Å²) in [5.74, 6) is -0.0350. The Hall–Kier alpha value is -4.38. The number of nitro groups is 2. The van der Waals surface area contributed by atoms with Gasteiger partial charge in [-0.15, -0.1) is 10.2 Å². The highest BCUT2D eigenvalue weighted by Crippen LogP contribution is 2.42. The van der Waals surface area contributed by atoms with Crippen LogP contribution in [0.1, 0.15) is 19.8 Å². The van der Waals surface area contributed by atoms with Crippen LogP contribution >= 0.6 is 15.9 Å². The number of unbranched alkanes of at least 4 members (excludes halogenated alkanes) is 1. The van der Waals surface area contributed by atoms with Crippen molar-refractivity contribution >= 4 is 56.0 Å². The molecular formula is C21H20BrN7O6. The number of hydrogen-bond donors (Lipinski definition) is 2. The Balaban J connectivity index is 2.47. The Bertz CT molecular complexity index is 1240. The van der Waals surface area contributed by atoms with Crippen molar-refractivity contribution in [1.29, 1.82) is 5.26 Å². The van der Waals surface area contributed by atoms with Crippen LogP contribution in [0.5, 0.6) is 5.75 Å². The van der Waals surface area contributed by atoms with Gasteiger partial charge in [-0.1, -0.05) is 12.2 Å². The van der Waals surface area contributed by atoms with Crippen molar-refractivity contribution in [2.24, 2.45) is 10.2 Å². The number of nitriles is 1. The molecule has 13 nitrogen and oxygen atoms in total. The summed E-state index contributed by atoms with van der Waals surface area (Å²) in [4.78, 5) is 32.7. The number of carbonyl (C=O) groups excluding carboxylic acids is 1. The van der Waals surface area contributed by atoms with Crippen LogP contribution in [-0.4, -0.2) is 29.4 Å². The van der Waals surface area contributed by atoms with E-state index in [0.29, 0.717) is 30.8 Å². The fraction of sp³-hybridized carbons (Fsp3) is 0.238. The van der Waals surface area contributed by atoms with Crippen molar-refractivity contribution in [2.75, 3.05) is 24.3 Å². The van der Waals surface area contributed by atoms with Crippen molar-refractivity contribution in [1.82, 2.24) is 0 Å². The molecule has 0 aliphatic heterocycles. The molecule has 2 rings (SSSR count). The molecule has 0 radical (unpaired) electrons. The van der Waals surface area contributed by atoms with Gasteiger partial charge in [0.2, 0.25) is 5.91 Å². The molecule has 2 N–H and O–H groups in total. The number of nitro benzene ring substituents is 2. The second kappa shape index (κ2) is 12.8. The van der Waals surface area contributed by atoms with E-state index in [-0.39, 0.29) is 21.5 Å². The minimum atomic E-state index is -0.807. The van der Waals surface area contributed by atoms with Gasteiger partial charge in [-0.2, -0.15) is 5.26 Å². The number of methoxy groups -OCH3 is 1. The summed E-state index contributed by atoms with van der Waals surface area (Å²) >= 11 is 3.07. The van der Waals surface area contributed by atoms with Gasteiger partial charge in [0.1, 0.15) is 11.4 Å². The Kier molecular flexibility index (Phi) is 9.79. The van der Waals surface area contributed by atoms with Gasteiger partial charge in [0, 0.05) is 32.0 Å². The summed E-state index contributed by atoms with van der Waals surface area (Å²) in [6, 6.07) is 6.95. The number of azo groups is 1. The maximum absolute atomic E-state index is 11.7. The van der Waals surface area contributed by atoms with Crippen molar-refractivity contribution in [3.63, 3.8) is 0 Å². The SMILES string of the molecule is COc1cc(N=Nc2c(Br)cc([N+](=O)[O-])cc2[N+](=O)[O-])c(NC(C)=O)cc1NCC=CCCC#N. The third kappa shape index (κ3) is 7.57. The Morgan fingerprint density at radius 3 is 2.51 bits per heavy atom. The first-order chi connectivity index (χ1) is 16.7. The molecule has 14 heteroatoms. The molecule has 0 aliphatic rings. The van der Waals surface area contributed by atoms with Crippen LogP contribution in [0.25, 0.3) is 0 Å². The number of ether oxygens (including phenoxy) is 1. The fourth-order valence-corrected chi connectivity index (χ4v) is 3.30. The highest BCUT2D eigenvalue weighted by molar-refractivity contribution is 9.10. The van der Waals surface area contributed by atoms with Crippen molar-refractivity contribution in [2.45, 2.75) is 19.8 Å². The average Bonchev–Trinajstić information content (AvgIpc) is 2.80. The topological polar surface area (TPSA) is 185 Å². The molecule has 2 aromatic rings. The van der Waals surface area contributed by atoms with E-state index in [2.05, 4.69) is 36.8 Å². The van der Waals surface area contributed by atoms with Crippen molar-refractivity contribution in [3.05, 3.63) is 61.1 Å². The van der Waals surface area contributed by atoms with Crippen LogP contribution in [0, 0.1) is 31.6 Å². The summed E-state index contributed by atoms with van der Waals surface area (Å²) in [6.45, 7) is 1.72. The van der Waals surface area contributed by atoms with E-state index in [9.17, 15) is 25.0 Å². The van der Waals surface area contributed by atoms with Crippen LogP contribution in [0.3, 0.4) is 0 Å². The van der Waals surface area contributed by atoms with Gasteiger partial charge in [0.25, 0.3) is 5.69 Å². The number of carbonyl (C=O) groups is 1. The first kappa shape index (κ1) is 26.9. The molecule has 35 heavy (non-hydrogen) atoms. The lowest BCUT2D eigenvalue weighted by Gasteiger charge is -2.14. The Morgan fingerprint density at radius 2 is 1.91 bits per heavy atom. The second-order valence-electron chi connectivity index (χ2n) is 6.81. The van der Waals surface area contributed by atoms with E-state index >= 15 is 0 Å². The molecule has 0 unspecified atom stereocenters. The predicted octanol–water partition coefficient (Wildman–Crippen LogP) is 5.92. The van der Waals surface area contributed by atoms with Crippen molar-refractivity contribution in [3.8, 4) is 11.8 Å². The van der Waals surface area contributed by atoms with E-state index in [4.69, 9.17) is 10.00 Å². The minimum absolute atomic E-state index is 0.00309. The molecule has 0 atom stereocenters. The molecule has 0 fully saturated rings. The van der Waals surface area contributed by atoms with Gasteiger partial charge in [-0.25, -0.2) is 0 Å². The van der Waals surface area contributed by atoms with Crippen LogP contribution in [0.4, 0.5) is 34.1 Å². The highest BCUT2D eigenvalue weighted by Gasteiger charge is 2.23. The lowest BCUT2D eigenvalue weighted by molar-refractivity contribution is -0.393. The van der Waals surface area contributed by atoms with E-state index in [1.807, 2.05) is 18.2 Å². The molecule has 0 heterocycles. The number of nitrogens with one attached hydrogen (secondary N) is 2. The number of nitrogens with zero attached hydrogens (tertiary/aromatic N) is 5. The van der Waals surface area contributed by atoms with E-state index in [1.54, 1.807) is 6.07 Å². The number of non-ortho nitro benzene ring substituents is 1. The molecule has 1 amide bonds. The molecule has 0 bridgehead atoms. The van der Waals surface area contributed by atoms with Gasteiger partial charge in [0.15, 0.2) is 5.69 Å².